The van der Waals surface area contributed by atoms with E-state index in [1.807, 2.05) is 18.2 Å². The van der Waals surface area contributed by atoms with E-state index in [4.69, 9.17) is 16.3 Å². The lowest BCUT2D eigenvalue weighted by Gasteiger charge is -1.99. The zero-order valence-electron chi connectivity index (χ0n) is 8.20. The van der Waals surface area contributed by atoms with Gasteiger partial charge in [-0.15, -0.1) is 11.6 Å². The molecule has 0 saturated carbocycles. The van der Waals surface area contributed by atoms with Crippen LogP contribution in [0, 0.1) is 0 Å². The van der Waals surface area contributed by atoms with Crippen LogP contribution < -0.4 is 4.74 Å². The van der Waals surface area contributed by atoms with Gasteiger partial charge in [0.05, 0.1) is 12.5 Å². The molecule has 2 rings (SSSR count). The molecule has 78 valence electrons. The molecule has 0 unspecified atom stereocenters. The van der Waals surface area contributed by atoms with E-state index in [2.05, 4.69) is 0 Å². The van der Waals surface area contributed by atoms with Crippen LogP contribution in [0.4, 0.5) is 0 Å². The molecule has 1 aliphatic heterocycles. The molecule has 0 amide bonds. The molecule has 0 radical (unpaired) electrons. The van der Waals surface area contributed by atoms with Crippen molar-refractivity contribution in [3.05, 3.63) is 35.4 Å². The van der Waals surface area contributed by atoms with Gasteiger partial charge in [0.25, 0.3) is 0 Å². The van der Waals surface area contributed by atoms with E-state index in [-0.39, 0.29) is 11.7 Å². The van der Waals surface area contributed by atoms with Crippen LogP contribution >= 0.6 is 11.6 Å². The van der Waals surface area contributed by atoms with Crippen LogP contribution in [0.25, 0.3) is 6.08 Å². The topological polar surface area (TPSA) is 26.3 Å². The maximum atomic E-state index is 11.0. The van der Waals surface area contributed by atoms with Crippen LogP contribution in [-0.2, 0) is 11.2 Å². The summed E-state index contributed by atoms with van der Waals surface area (Å²) in [5, 5.41) is 0. The molecule has 1 aromatic carbocycles. The quantitative estimate of drug-likeness (QED) is 0.580. The van der Waals surface area contributed by atoms with E-state index in [1.54, 1.807) is 6.08 Å². The van der Waals surface area contributed by atoms with Crippen molar-refractivity contribution in [3.8, 4) is 5.75 Å². The molecule has 0 bridgehead atoms. The normalized spacial score (nSPS) is 13.9. The molecule has 0 atom stereocenters. The Kier molecular flexibility index (Phi) is 3.07. The highest BCUT2D eigenvalue weighted by molar-refractivity contribution is 6.29. The molecular weight excluding hydrogens is 212 g/mol. The number of alkyl halides is 1. The Bertz CT molecular complexity index is 410. The average molecular weight is 223 g/mol. The monoisotopic (exact) mass is 222 g/mol. The molecular formula is C12H11ClO2. The van der Waals surface area contributed by atoms with Gasteiger partial charge in [-0.3, -0.25) is 4.79 Å². The fourth-order valence-corrected chi connectivity index (χ4v) is 1.63. The summed E-state index contributed by atoms with van der Waals surface area (Å²) < 4.78 is 5.39. The second kappa shape index (κ2) is 4.49. The van der Waals surface area contributed by atoms with Crippen molar-refractivity contribution in [1.82, 2.24) is 0 Å². The van der Waals surface area contributed by atoms with Gasteiger partial charge in [-0.25, -0.2) is 0 Å². The third kappa shape index (κ3) is 2.39. The molecule has 0 saturated heterocycles. The fourth-order valence-electron chi connectivity index (χ4n) is 1.54. The zero-order chi connectivity index (χ0) is 10.7. The van der Waals surface area contributed by atoms with Crippen molar-refractivity contribution in [2.45, 2.75) is 6.42 Å². The third-order valence-corrected chi connectivity index (χ3v) is 2.57. The van der Waals surface area contributed by atoms with E-state index in [0.29, 0.717) is 0 Å². The van der Waals surface area contributed by atoms with Crippen molar-refractivity contribution in [2.24, 2.45) is 0 Å². The molecule has 1 heterocycles. The first kappa shape index (κ1) is 10.2. The van der Waals surface area contributed by atoms with Crippen LogP contribution in [0.2, 0.25) is 0 Å². The van der Waals surface area contributed by atoms with Crippen LogP contribution in [0.3, 0.4) is 0 Å². The minimum absolute atomic E-state index is 0.0323. The number of fused-ring (bicyclic) bond motifs is 1. The molecule has 3 heteroatoms. The first-order chi connectivity index (χ1) is 7.29. The van der Waals surface area contributed by atoms with E-state index in [0.717, 1.165) is 24.3 Å². The van der Waals surface area contributed by atoms with Gasteiger partial charge in [-0.05, 0) is 29.3 Å². The summed E-state index contributed by atoms with van der Waals surface area (Å²) >= 11 is 5.39. The maximum absolute atomic E-state index is 11.0. The first-order valence-corrected chi connectivity index (χ1v) is 5.35. The smallest absolute Gasteiger partial charge is 0.170 e. The van der Waals surface area contributed by atoms with Crippen LogP contribution in [0.5, 0.6) is 5.75 Å². The summed E-state index contributed by atoms with van der Waals surface area (Å²) in [5.74, 6) is 0.911. The van der Waals surface area contributed by atoms with Crippen LogP contribution in [0.15, 0.2) is 24.3 Å². The van der Waals surface area contributed by atoms with Gasteiger partial charge in [-0.2, -0.15) is 0 Å². The Morgan fingerprint density at radius 2 is 2.40 bits per heavy atom. The average Bonchev–Trinajstić information content (AvgIpc) is 2.72. The predicted octanol–water partition coefficient (Wildman–Crippen LogP) is 2.44. The summed E-state index contributed by atoms with van der Waals surface area (Å²) in [7, 11) is 0. The largest absolute Gasteiger partial charge is 0.493 e. The van der Waals surface area contributed by atoms with Crippen molar-refractivity contribution >= 4 is 23.5 Å². The predicted molar refractivity (Wildman–Crippen MR) is 60.4 cm³/mol. The van der Waals surface area contributed by atoms with Gasteiger partial charge in [0.15, 0.2) is 5.78 Å². The zero-order valence-corrected chi connectivity index (χ0v) is 8.96. The van der Waals surface area contributed by atoms with E-state index >= 15 is 0 Å². The van der Waals surface area contributed by atoms with E-state index < -0.39 is 0 Å². The number of hydrogen-bond acceptors (Lipinski definition) is 2. The van der Waals surface area contributed by atoms with Gasteiger partial charge < -0.3 is 4.74 Å². The number of hydrogen-bond donors (Lipinski definition) is 0. The molecule has 1 aliphatic rings. The number of rotatable bonds is 3. The highest BCUT2D eigenvalue weighted by atomic mass is 35.5. The molecule has 0 spiro atoms. The Balaban J connectivity index is 2.16. The molecule has 0 aromatic heterocycles. The molecule has 1 aromatic rings. The maximum Gasteiger partial charge on any atom is 0.170 e. The molecule has 15 heavy (non-hydrogen) atoms. The number of carbonyl (C=O) groups excluding carboxylic acids is 1. The Morgan fingerprint density at radius 3 is 3.20 bits per heavy atom. The second-order valence-corrected chi connectivity index (χ2v) is 3.67. The van der Waals surface area contributed by atoms with Gasteiger partial charge >= 0.3 is 0 Å². The van der Waals surface area contributed by atoms with Gasteiger partial charge in [0.2, 0.25) is 0 Å². The Morgan fingerprint density at radius 1 is 1.53 bits per heavy atom. The lowest BCUT2D eigenvalue weighted by molar-refractivity contribution is -0.112. The number of ether oxygens (including phenoxy) is 1. The number of benzene rings is 1. The summed E-state index contributed by atoms with van der Waals surface area (Å²) in [6.07, 6.45) is 4.23. The lowest BCUT2D eigenvalue weighted by atomic mass is 10.1. The first-order valence-electron chi connectivity index (χ1n) is 4.82. The Hall–Kier alpha value is -1.28. The van der Waals surface area contributed by atoms with Crippen LogP contribution in [0.1, 0.15) is 11.1 Å². The van der Waals surface area contributed by atoms with Crippen molar-refractivity contribution in [1.29, 1.82) is 0 Å². The molecule has 0 fully saturated rings. The SMILES string of the molecule is O=C(C=Cc1ccc2c(c1)CCO2)CCl. The van der Waals surface area contributed by atoms with Gasteiger partial charge in [0, 0.05) is 6.42 Å². The summed E-state index contributed by atoms with van der Waals surface area (Å²) in [6.45, 7) is 0.753. The summed E-state index contributed by atoms with van der Waals surface area (Å²) in [5.41, 5.74) is 2.22. The number of halogens is 1. The number of allylic oxidation sites excluding steroid dienone is 1. The van der Waals surface area contributed by atoms with E-state index in [1.165, 1.54) is 11.6 Å². The summed E-state index contributed by atoms with van der Waals surface area (Å²) in [4.78, 5) is 11.0. The Labute approximate surface area is 93.5 Å². The van der Waals surface area contributed by atoms with Gasteiger partial charge in [-0.1, -0.05) is 12.1 Å². The third-order valence-electron chi connectivity index (χ3n) is 2.31. The molecule has 0 aliphatic carbocycles. The van der Waals surface area contributed by atoms with Crippen molar-refractivity contribution in [3.63, 3.8) is 0 Å². The standard InChI is InChI=1S/C12H11ClO2/c13-8-11(14)3-1-9-2-4-12-10(7-9)5-6-15-12/h1-4,7H,5-6,8H2. The van der Waals surface area contributed by atoms with Gasteiger partial charge in [0.1, 0.15) is 5.75 Å². The summed E-state index contributed by atoms with van der Waals surface area (Å²) in [6, 6.07) is 5.91. The van der Waals surface area contributed by atoms with Crippen molar-refractivity contribution in [2.75, 3.05) is 12.5 Å². The highest BCUT2D eigenvalue weighted by Crippen LogP contribution is 2.26. The fraction of sp³-hybridized carbons (Fsp3) is 0.250. The second-order valence-electron chi connectivity index (χ2n) is 3.40. The highest BCUT2D eigenvalue weighted by Gasteiger charge is 2.10. The molecule has 2 nitrogen and oxygen atoms in total. The minimum atomic E-state index is -0.0755. The lowest BCUT2D eigenvalue weighted by Crippen LogP contribution is -1.91. The number of ketones is 1. The minimum Gasteiger partial charge on any atom is -0.493 e. The van der Waals surface area contributed by atoms with E-state index in [9.17, 15) is 4.79 Å². The number of carbonyl (C=O) groups is 1. The van der Waals surface area contributed by atoms with Crippen molar-refractivity contribution < 1.29 is 9.53 Å². The molecule has 0 N–H and O–H groups in total. The van der Waals surface area contributed by atoms with Crippen LogP contribution in [-0.4, -0.2) is 18.3 Å².